The molecule has 1 amide bonds. The summed E-state index contributed by atoms with van der Waals surface area (Å²) in [5.74, 6) is -0.392. The number of amides is 1. The molecular weight excluding hydrogens is 328 g/mol. The van der Waals surface area contributed by atoms with Crippen molar-refractivity contribution in [3.8, 4) is 10.6 Å². The highest BCUT2D eigenvalue weighted by Gasteiger charge is 2.13. The number of nitro benzene ring substituents is 1. The third-order valence-electron chi connectivity index (χ3n) is 3.28. The van der Waals surface area contributed by atoms with E-state index in [0.29, 0.717) is 15.7 Å². The summed E-state index contributed by atoms with van der Waals surface area (Å²) in [7, 11) is 0. The minimum Gasteiger partial charge on any atom is -0.296 e. The van der Waals surface area contributed by atoms with Crippen molar-refractivity contribution >= 4 is 28.1 Å². The van der Waals surface area contributed by atoms with Crippen molar-refractivity contribution in [2.45, 2.75) is 6.92 Å². The van der Waals surface area contributed by atoms with Crippen molar-refractivity contribution in [2.75, 3.05) is 5.32 Å². The van der Waals surface area contributed by atoms with Crippen LogP contribution < -0.4 is 5.32 Å². The molecule has 0 aliphatic rings. The molecule has 3 aromatic rings. The van der Waals surface area contributed by atoms with E-state index in [1.807, 2.05) is 31.2 Å². The van der Waals surface area contributed by atoms with Crippen molar-refractivity contribution in [3.63, 3.8) is 0 Å². The van der Waals surface area contributed by atoms with Gasteiger partial charge in [0, 0.05) is 23.3 Å². The second kappa shape index (κ2) is 6.55. The van der Waals surface area contributed by atoms with Gasteiger partial charge in [0.1, 0.15) is 5.01 Å². The molecule has 8 heteroatoms. The monoisotopic (exact) mass is 340 g/mol. The highest BCUT2D eigenvalue weighted by Crippen LogP contribution is 2.26. The van der Waals surface area contributed by atoms with Crippen molar-refractivity contribution in [2.24, 2.45) is 0 Å². The largest absolute Gasteiger partial charge is 0.296 e. The van der Waals surface area contributed by atoms with Gasteiger partial charge in [0.05, 0.1) is 4.92 Å². The van der Waals surface area contributed by atoms with Gasteiger partial charge in [-0.1, -0.05) is 41.2 Å². The van der Waals surface area contributed by atoms with Crippen LogP contribution in [0.5, 0.6) is 0 Å². The number of aryl methyl sites for hydroxylation is 1. The summed E-state index contributed by atoms with van der Waals surface area (Å²) in [6.45, 7) is 2.00. The van der Waals surface area contributed by atoms with Crippen LogP contribution in [-0.2, 0) is 0 Å². The number of non-ortho nitro benzene ring substituents is 1. The number of nitrogens with one attached hydrogen (secondary N) is 1. The Morgan fingerprint density at radius 1 is 1.08 bits per heavy atom. The van der Waals surface area contributed by atoms with Gasteiger partial charge in [-0.2, -0.15) is 0 Å². The second-order valence-corrected chi connectivity index (χ2v) is 6.01. The minimum atomic E-state index is -0.514. The van der Waals surface area contributed by atoms with E-state index in [-0.39, 0.29) is 5.69 Å². The Morgan fingerprint density at radius 3 is 2.38 bits per heavy atom. The number of nitrogens with zero attached hydrogens (tertiary/aromatic N) is 3. The molecule has 1 heterocycles. The topological polar surface area (TPSA) is 98.0 Å². The predicted molar refractivity (Wildman–Crippen MR) is 91.1 cm³/mol. The van der Waals surface area contributed by atoms with Gasteiger partial charge in [-0.05, 0) is 19.1 Å². The number of carbonyl (C=O) groups excluding carboxylic acids is 1. The summed E-state index contributed by atoms with van der Waals surface area (Å²) in [6, 6.07) is 13.2. The van der Waals surface area contributed by atoms with Crippen LogP contribution in [0.2, 0.25) is 0 Å². The molecule has 0 bridgehead atoms. The number of hydrogen-bond acceptors (Lipinski definition) is 6. The van der Waals surface area contributed by atoms with Crippen LogP contribution in [0.1, 0.15) is 15.9 Å². The molecule has 0 saturated carbocycles. The molecular formula is C16H12N4O3S. The first kappa shape index (κ1) is 15.8. The molecule has 1 aromatic heterocycles. The first-order valence-electron chi connectivity index (χ1n) is 6.99. The van der Waals surface area contributed by atoms with E-state index >= 15 is 0 Å². The molecule has 2 aromatic carbocycles. The quantitative estimate of drug-likeness (QED) is 0.577. The third kappa shape index (κ3) is 3.44. The average molecular weight is 340 g/mol. The maximum Gasteiger partial charge on any atom is 0.269 e. The minimum absolute atomic E-state index is 0.0656. The average Bonchev–Trinajstić information content (AvgIpc) is 3.04. The molecule has 0 spiro atoms. The van der Waals surface area contributed by atoms with Crippen molar-refractivity contribution in [3.05, 3.63) is 69.8 Å². The standard InChI is InChI=1S/C16H12N4O3S/c1-10-2-4-12(5-3-10)15-18-19-16(24-15)17-14(21)11-6-8-13(9-7-11)20(22)23/h2-9H,1H3,(H,17,19,21). The number of nitro groups is 1. The Balaban J connectivity index is 1.73. The third-order valence-corrected chi connectivity index (χ3v) is 4.17. The maximum atomic E-state index is 12.1. The van der Waals surface area contributed by atoms with Crippen LogP contribution in [0.15, 0.2) is 48.5 Å². The Morgan fingerprint density at radius 2 is 1.75 bits per heavy atom. The lowest BCUT2D eigenvalue weighted by Gasteiger charge is -2.00. The van der Waals surface area contributed by atoms with Gasteiger partial charge in [-0.25, -0.2) is 0 Å². The lowest BCUT2D eigenvalue weighted by atomic mass is 10.2. The highest BCUT2D eigenvalue weighted by molar-refractivity contribution is 7.18. The first-order chi connectivity index (χ1) is 11.5. The fraction of sp³-hybridized carbons (Fsp3) is 0.0625. The number of aromatic nitrogens is 2. The smallest absolute Gasteiger partial charge is 0.269 e. The number of rotatable bonds is 4. The first-order valence-corrected chi connectivity index (χ1v) is 7.81. The van der Waals surface area contributed by atoms with Gasteiger partial charge in [-0.15, -0.1) is 10.2 Å². The van der Waals surface area contributed by atoms with Gasteiger partial charge in [0.25, 0.3) is 11.6 Å². The van der Waals surface area contributed by atoms with Crippen LogP contribution in [0.4, 0.5) is 10.8 Å². The normalized spacial score (nSPS) is 10.4. The summed E-state index contributed by atoms with van der Waals surface area (Å²) in [5, 5.41) is 22.4. The Kier molecular flexibility index (Phi) is 4.30. The molecule has 0 fully saturated rings. The van der Waals surface area contributed by atoms with E-state index in [9.17, 15) is 14.9 Å². The van der Waals surface area contributed by atoms with Crippen molar-refractivity contribution in [1.29, 1.82) is 0 Å². The molecule has 0 aliphatic carbocycles. The highest BCUT2D eigenvalue weighted by atomic mass is 32.1. The molecule has 24 heavy (non-hydrogen) atoms. The van der Waals surface area contributed by atoms with Gasteiger partial charge in [-0.3, -0.25) is 20.2 Å². The van der Waals surface area contributed by atoms with Crippen molar-refractivity contribution in [1.82, 2.24) is 10.2 Å². The molecule has 0 saturated heterocycles. The predicted octanol–water partition coefficient (Wildman–Crippen LogP) is 3.67. The zero-order valence-electron chi connectivity index (χ0n) is 12.6. The molecule has 120 valence electrons. The molecule has 0 radical (unpaired) electrons. The van der Waals surface area contributed by atoms with E-state index in [4.69, 9.17) is 0 Å². The summed E-state index contributed by atoms with van der Waals surface area (Å²) >= 11 is 1.26. The van der Waals surface area contributed by atoms with E-state index in [2.05, 4.69) is 15.5 Å². The van der Waals surface area contributed by atoms with Gasteiger partial charge >= 0.3 is 0 Å². The number of anilines is 1. The zero-order valence-corrected chi connectivity index (χ0v) is 13.4. The summed E-state index contributed by atoms with van der Waals surface area (Å²) in [6.07, 6.45) is 0. The number of carbonyl (C=O) groups is 1. The maximum absolute atomic E-state index is 12.1. The molecule has 0 unspecified atom stereocenters. The van der Waals surface area contributed by atoms with Gasteiger partial charge in [0.2, 0.25) is 5.13 Å². The Bertz CT molecular complexity index is 888. The molecule has 3 rings (SSSR count). The Hall–Kier alpha value is -3.13. The molecule has 1 N–H and O–H groups in total. The SMILES string of the molecule is Cc1ccc(-c2nnc(NC(=O)c3ccc([N+](=O)[O-])cc3)s2)cc1. The van der Waals surface area contributed by atoms with E-state index in [0.717, 1.165) is 11.1 Å². The second-order valence-electron chi connectivity index (χ2n) is 5.04. The number of hydrogen-bond donors (Lipinski definition) is 1. The summed E-state index contributed by atoms with van der Waals surface area (Å²) in [4.78, 5) is 22.2. The molecule has 7 nitrogen and oxygen atoms in total. The van der Waals surface area contributed by atoms with E-state index < -0.39 is 10.8 Å². The number of benzene rings is 2. The van der Waals surface area contributed by atoms with Crippen LogP contribution >= 0.6 is 11.3 Å². The van der Waals surface area contributed by atoms with Gasteiger partial charge in [0.15, 0.2) is 0 Å². The van der Waals surface area contributed by atoms with E-state index in [1.165, 1.54) is 35.6 Å². The molecule has 0 aliphatic heterocycles. The summed E-state index contributed by atoms with van der Waals surface area (Å²) in [5.41, 5.74) is 2.32. The fourth-order valence-corrected chi connectivity index (χ4v) is 2.73. The summed E-state index contributed by atoms with van der Waals surface area (Å²) < 4.78 is 0. The lowest BCUT2D eigenvalue weighted by molar-refractivity contribution is -0.384. The van der Waals surface area contributed by atoms with Gasteiger partial charge < -0.3 is 0 Å². The van der Waals surface area contributed by atoms with Crippen molar-refractivity contribution < 1.29 is 9.72 Å². The van der Waals surface area contributed by atoms with Crippen LogP contribution in [-0.4, -0.2) is 21.0 Å². The van der Waals surface area contributed by atoms with Crippen LogP contribution in [0.25, 0.3) is 10.6 Å². The van der Waals surface area contributed by atoms with Crippen LogP contribution in [0, 0.1) is 17.0 Å². The molecule has 0 atom stereocenters. The van der Waals surface area contributed by atoms with E-state index in [1.54, 1.807) is 0 Å². The zero-order chi connectivity index (χ0) is 17.1. The Labute approximate surface area is 141 Å². The van der Waals surface area contributed by atoms with Crippen LogP contribution in [0.3, 0.4) is 0 Å². The lowest BCUT2D eigenvalue weighted by Crippen LogP contribution is -2.11. The fourth-order valence-electron chi connectivity index (χ4n) is 1.99.